The van der Waals surface area contributed by atoms with Crippen molar-refractivity contribution in [1.82, 2.24) is 10.5 Å². The monoisotopic (exact) mass is 354 g/mol. The largest absolute Gasteiger partial charge is 0.456 e. The van der Waals surface area contributed by atoms with Crippen LogP contribution in [0.4, 0.5) is 8.78 Å². The number of amides is 1. The van der Waals surface area contributed by atoms with Crippen LogP contribution < -0.4 is 5.48 Å². The van der Waals surface area contributed by atoms with E-state index in [0.29, 0.717) is 21.9 Å². The second-order valence-corrected chi connectivity index (χ2v) is 5.56. The van der Waals surface area contributed by atoms with Crippen LogP contribution in [0.3, 0.4) is 0 Å². The molecule has 2 aromatic carbocycles. The van der Waals surface area contributed by atoms with Crippen LogP contribution in [0.15, 0.2) is 71.4 Å². The fourth-order valence-electron chi connectivity index (χ4n) is 2.73. The number of fused-ring (bicyclic) bond motifs is 3. The van der Waals surface area contributed by atoms with E-state index in [-0.39, 0.29) is 5.56 Å². The highest BCUT2D eigenvalue weighted by molar-refractivity contribution is 6.16. The second-order valence-electron chi connectivity index (χ2n) is 5.56. The first-order valence-corrected chi connectivity index (χ1v) is 7.73. The van der Waals surface area contributed by atoms with E-state index in [1.165, 1.54) is 18.5 Å². The number of aromatic nitrogens is 1. The molecule has 4 rings (SSSR count). The van der Waals surface area contributed by atoms with Gasteiger partial charge < -0.3 is 4.42 Å². The van der Waals surface area contributed by atoms with Crippen LogP contribution >= 0.6 is 0 Å². The average Bonchev–Trinajstić information content (AvgIpc) is 3.05. The molecule has 0 aliphatic heterocycles. The van der Waals surface area contributed by atoms with Crippen LogP contribution in [-0.4, -0.2) is 10.9 Å². The van der Waals surface area contributed by atoms with Gasteiger partial charge in [-0.2, -0.15) is 13.6 Å². The Hall–Kier alpha value is -3.32. The van der Waals surface area contributed by atoms with E-state index >= 15 is 0 Å². The normalized spacial score (nSPS) is 11.8. The first-order valence-electron chi connectivity index (χ1n) is 7.73. The number of hydrogen-bond donors (Lipinski definition) is 1. The maximum Gasteiger partial charge on any atom is 0.402 e. The minimum atomic E-state index is -3.69. The maximum atomic E-state index is 14.1. The molecule has 2 aromatic heterocycles. The lowest BCUT2D eigenvalue weighted by atomic mass is 10.1. The quantitative estimate of drug-likeness (QED) is 0.552. The van der Waals surface area contributed by atoms with Crippen molar-refractivity contribution in [2.45, 2.75) is 6.11 Å². The Balaban J connectivity index is 1.65. The van der Waals surface area contributed by atoms with Crippen molar-refractivity contribution < 1.29 is 22.8 Å². The zero-order valence-corrected chi connectivity index (χ0v) is 13.3. The number of rotatable bonds is 4. The number of hydrogen-bond acceptors (Lipinski definition) is 4. The van der Waals surface area contributed by atoms with Gasteiger partial charge >= 0.3 is 6.11 Å². The van der Waals surface area contributed by atoms with Crippen LogP contribution in [0.5, 0.6) is 0 Å². The number of para-hydroxylation sites is 1. The van der Waals surface area contributed by atoms with E-state index in [0.717, 1.165) is 12.1 Å². The number of nitrogens with one attached hydrogen (secondary N) is 1. The molecule has 2 heterocycles. The summed E-state index contributed by atoms with van der Waals surface area (Å²) in [5, 5.41) is 1.26. The summed E-state index contributed by atoms with van der Waals surface area (Å²) in [6, 6.07) is 14.2. The smallest absolute Gasteiger partial charge is 0.402 e. The number of carbonyl (C=O) groups is 1. The Morgan fingerprint density at radius 2 is 1.73 bits per heavy atom. The van der Waals surface area contributed by atoms with Crippen molar-refractivity contribution in [3.8, 4) is 0 Å². The molecule has 0 unspecified atom stereocenters. The van der Waals surface area contributed by atoms with E-state index in [1.54, 1.807) is 30.3 Å². The predicted octanol–water partition coefficient (Wildman–Crippen LogP) is 4.39. The van der Waals surface area contributed by atoms with Gasteiger partial charge in [0.15, 0.2) is 0 Å². The van der Waals surface area contributed by atoms with Crippen molar-refractivity contribution in [3.05, 3.63) is 78.1 Å². The number of furan rings is 1. The minimum Gasteiger partial charge on any atom is -0.456 e. The molecule has 5 nitrogen and oxygen atoms in total. The topological polar surface area (TPSA) is 64.4 Å². The molecule has 0 aliphatic carbocycles. The maximum absolute atomic E-state index is 14.1. The summed E-state index contributed by atoms with van der Waals surface area (Å²) in [4.78, 5) is 20.5. The third kappa shape index (κ3) is 2.78. The van der Waals surface area contributed by atoms with E-state index in [4.69, 9.17) is 4.42 Å². The Bertz CT molecular complexity index is 1090. The first-order chi connectivity index (χ1) is 12.6. The third-order valence-corrected chi connectivity index (χ3v) is 3.94. The molecule has 26 heavy (non-hydrogen) atoms. The third-order valence-electron chi connectivity index (χ3n) is 3.94. The lowest BCUT2D eigenvalue weighted by molar-refractivity contribution is -0.272. The molecule has 0 saturated heterocycles. The molecule has 0 radical (unpaired) electrons. The fraction of sp³-hybridized carbons (Fsp3) is 0.0526. The predicted molar refractivity (Wildman–Crippen MR) is 90.4 cm³/mol. The highest BCUT2D eigenvalue weighted by atomic mass is 19.3. The lowest BCUT2D eigenvalue weighted by Crippen LogP contribution is -2.32. The molecular weight excluding hydrogens is 342 g/mol. The fourth-order valence-corrected chi connectivity index (χ4v) is 2.73. The van der Waals surface area contributed by atoms with Gasteiger partial charge in [-0.3, -0.25) is 9.78 Å². The van der Waals surface area contributed by atoms with Crippen LogP contribution in [0, 0.1) is 0 Å². The number of pyridine rings is 1. The summed E-state index contributed by atoms with van der Waals surface area (Å²) in [6.07, 6.45) is -1.26. The minimum absolute atomic E-state index is 0.179. The number of halogens is 2. The summed E-state index contributed by atoms with van der Waals surface area (Å²) in [6.45, 7) is 0. The molecule has 0 aliphatic rings. The summed E-state index contributed by atoms with van der Waals surface area (Å²) >= 11 is 0. The first kappa shape index (κ1) is 16.2. The van der Waals surface area contributed by atoms with Crippen LogP contribution in [0.1, 0.15) is 15.9 Å². The number of alkyl halides is 2. The van der Waals surface area contributed by atoms with Crippen molar-refractivity contribution in [2.75, 3.05) is 0 Å². The zero-order valence-electron chi connectivity index (χ0n) is 13.3. The van der Waals surface area contributed by atoms with E-state index in [2.05, 4.69) is 9.82 Å². The van der Waals surface area contributed by atoms with E-state index < -0.39 is 17.6 Å². The van der Waals surface area contributed by atoms with Crippen LogP contribution in [-0.2, 0) is 10.9 Å². The zero-order chi connectivity index (χ0) is 18.1. The number of hydroxylamine groups is 1. The summed E-state index contributed by atoms with van der Waals surface area (Å²) in [5.74, 6) is -0.795. The van der Waals surface area contributed by atoms with Gasteiger partial charge in [0.25, 0.3) is 5.91 Å². The van der Waals surface area contributed by atoms with Gasteiger partial charge in [0.2, 0.25) is 0 Å². The molecule has 1 amide bonds. The molecule has 0 bridgehead atoms. The van der Waals surface area contributed by atoms with Crippen molar-refractivity contribution >= 4 is 27.8 Å². The van der Waals surface area contributed by atoms with Crippen LogP contribution in [0.2, 0.25) is 0 Å². The average molecular weight is 354 g/mol. The molecule has 0 atom stereocenters. The standard InChI is InChI=1S/C19H12F2N2O3/c20-19(21,12-8-10-22-11-9-12)26-23-18(24)14-5-3-7-16-17(14)13-4-1-2-6-15(13)25-16/h1-11H,(H,23,24). The van der Waals surface area contributed by atoms with Crippen molar-refractivity contribution in [2.24, 2.45) is 0 Å². The molecule has 4 aromatic rings. The second kappa shape index (κ2) is 6.20. The van der Waals surface area contributed by atoms with Crippen LogP contribution in [0.25, 0.3) is 21.9 Å². The SMILES string of the molecule is O=C(NOC(F)(F)c1ccncc1)c1cccc2oc3ccccc3c12. The van der Waals surface area contributed by atoms with Crippen molar-refractivity contribution in [3.63, 3.8) is 0 Å². The lowest BCUT2D eigenvalue weighted by Gasteiger charge is -2.16. The Labute approximate surface area is 146 Å². The Morgan fingerprint density at radius 1 is 1.00 bits per heavy atom. The van der Waals surface area contributed by atoms with Gasteiger partial charge in [-0.25, -0.2) is 5.48 Å². The van der Waals surface area contributed by atoms with E-state index in [1.807, 2.05) is 11.5 Å². The number of carbonyl (C=O) groups excluding carboxylic acids is 1. The summed E-state index contributed by atoms with van der Waals surface area (Å²) in [5.41, 5.74) is 2.68. The van der Waals surface area contributed by atoms with Gasteiger partial charge in [0.1, 0.15) is 11.2 Å². The molecule has 0 saturated carbocycles. The Morgan fingerprint density at radius 3 is 2.54 bits per heavy atom. The molecule has 7 heteroatoms. The molecule has 1 N–H and O–H groups in total. The number of nitrogens with zero attached hydrogens (tertiary/aromatic N) is 1. The van der Waals surface area contributed by atoms with Gasteiger partial charge in [0.05, 0.1) is 11.1 Å². The summed E-state index contributed by atoms with van der Waals surface area (Å²) in [7, 11) is 0. The van der Waals surface area contributed by atoms with Gasteiger partial charge in [-0.15, -0.1) is 0 Å². The molecule has 0 fully saturated rings. The molecule has 0 spiro atoms. The number of benzene rings is 2. The van der Waals surface area contributed by atoms with Crippen molar-refractivity contribution in [1.29, 1.82) is 0 Å². The molecule has 130 valence electrons. The molecular formula is C19H12F2N2O3. The van der Waals surface area contributed by atoms with E-state index in [9.17, 15) is 13.6 Å². The van der Waals surface area contributed by atoms with Gasteiger partial charge in [0, 0.05) is 23.2 Å². The summed E-state index contributed by atoms with van der Waals surface area (Å²) < 4.78 is 33.8. The van der Waals surface area contributed by atoms with Gasteiger partial charge in [-0.1, -0.05) is 24.3 Å². The Kier molecular flexibility index (Phi) is 3.85. The van der Waals surface area contributed by atoms with Gasteiger partial charge in [-0.05, 0) is 30.3 Å². The highest BCUT2D eigenvalue weighted by Gasteiger charge is 2.34. The highest BCUT2D eigenvalue weighted by Crippen LogP contribution is 2.32.